The van der Waals surface area contributed by atoms with E-state index in [1.165, 1.54) is 6.92 Å². The molecule has 1 aromatic rings. The number of nitrogens with one attached hydrogen (secondary N) is 3. The summed E-state index contributed by atoms with van der Waals surface area (Å²) in [5, 5.41) is 11.3. The van der Waals surface area contributed by atoms with Gasteiger partial charge in [0.2, 0.25) is 15.9 Å². The van der Waals surface area contributed by atoms with Crippen LogP contribution in [0, 0.1) is 12.8 Å². The molecule has 1 aromatic heterocycles. The Hall–Kier alpha value is -1.98. The predicted molar refractivity (Wildman–Crippen MR) is 84.0 cm³/mol. The minimum absolute atomic E-state index is 0.0457. The molecule has 1 unspecified atom stereocenters. The average molecular weight is 360 g/mol. The number of carbonyl (C=O) groups excluding carboxylic acids is 1. The number of hydrogen-bond donors (Lipinski definition) is 4. The second-order valence-corrected chi connectivity index (χ2v) is 7.45. The Morgan fingerprint density at radius 1 is 1.38 bits per heavy atom. The van der Waals surface area contributed by atoms with Gasteiger partial charge in [0.05, 0.1) is 12.5 Å². The molecule has 0 saturated carbocycles. The fourth-order valence-corrected chi connectivity index (χ4v) is 4.45. The smallest absolute Gasteiger partial charge is 0.325 e. The molecule has 1 aliphatic rings. The molecule has 0 aliphatic carbocycles. The van der Waals surface area contributed by atoms with E-state index in [0.29, 0.717) is 12.8 Å². The molecule has 1 saturated heterocycles. The Morgan fingerprint density at radius 3 is 2.71 bits per heavy atom. The molecule has 134 valence electrons. The fraction of sp³-hybridized carbons (Fsp3) is 0.615. The normalized spacial score (nSPS) is 19.2. The lowest BCUT2D eigenvalue weighted by Crippen LogP contribution is -2.47. The van der Waals surface area contributed by atoms with Crippen LogP contribution in [0.2, 0.25) is 0 Å². The van der Waals surface area contributed by atoms with Gasteiger partial charge in [0.15, 0.2) is 4.90 Å². The summed E-state index contributed by atoms with van der Waals surface area (Å²) >= 11 is 0. The van der Waals surface area contributed by atoms with Crippen molar-refractivity contribution >= 4 is 15.9 Å². The number of sulfonamides is 1. The van der Waals surface area contributed by atoms with Crippen molar-refractivity contribution in [2.24, 2.45) is 5.92 Å². The van der Waals surface area contributed by atoms with Gasteiger partial charge in [-0.25, -0.2) is 13.2 Å². The Bertz CT molecular complexity index is 828. The summed E-state index contributed by atoms with van der Waals surface area (Å²) in [6.45, 7) is 1.35. The Balaban J connectivity index is 2.28. The summed E-state index contributed by atoms with van der Waals surface area (Å²) < 4.78 is 26.5. The van der Waals surface area contributed by atoms with Crippen LogP contribution < -0.4 is 16.6 Å². The maximum Gasteiger partial charge on any atom is 0.325 e. The molecular formula is C13H20N4O6S. The van der Waals surface area contributed by atoms with Gasteiger partial charge in [-0.05, 0) is 19.8 Å². The molecule has 11 heteroatoms. The van der Waals surface area contributed by atoms with Crippen molar-refractivity contribution in [3.05, 3.63) is 26.5 Å². The Kier molecular flexibility index (Phi) is 5.57. The van der Waals surface area contributed by atoms with Crippen LogP contribution in [0.3, 0.4) is 0 Å². The highest BCUT2D eigenvalue weighted by atomic mass is 32.2. The Labute approximate surface area is 137 Å². The van der Waals surface area contributed by atoms with Gasteiger partial charge in [0.25, 0.3) is 5.56 Å². The van der Waals surface area contributed by atoms with Crippen LogP contribution in [-0.2, 0) is 14.8 Å². The molecule has 1 atom stereocenters. The number of nitrogens with zero attached hydrogens (tertiary/aromatic N) is 1. The number of amides is 1. The monoisotopic (exact) mass is 360 g/mol. The summed E-state index contributed by atoms with van der Waals surface area (Å²) in [5.74, 6) is -0.890. The first-order valence-electron chi connectivity index (χ1n) is 7.49. The van der Waals surface area contributed by atoms with Gasteiger partial charge < -0.3 is 15.4 Å². The van der Waals surface area contributed by atoms with Crippen LogP contribution in [0.1, 0.15) is 18.5 Å². The van der Waals surface area contributed by atoms with Crippen molar-refractivity contribution in [1.29, 1.82) is 0 Å². The van der Waals surface area contributed by atoms with E-state index in [-0.39, 0.29) is 37.8 Å². The van der Waals surface area contributed by atoms with Gasteiger partial charge in [-0.1, -0.05) is 0 Å². The van der Waals surface area contributed by atoms with Gasteiger partial charge in [-0.2, -0.15) is 4.31 Å². The van der Waals surface area contributed by atoms with Gasteiger partial charge >= 0.3 is 5.69 Å². The molecular weight excluding hydrogens is 340 g/mol. The number of rotatable bonds is 5. The second kappa shape index (κ2) is 7.28. The zero-order chi connectivity index (χ0) is 17.9. The molecule has 0 aromatic carbocycles. The van der Waals surface area contributed by atoms with E-state index in [0.717, 1.165) is 4.31 Å². The molecule has 2 rings (SSSR count). The Morgan fingerprint density at radius 2 is 2.08 bits per heavy atom. The molecule has 24 heavy (non-hydrogen) atoms. The minimum Gasteiger partial charge on any atom is -0.395 e. The highest BCUT2D eigenvalue weighted by Gasteiger charge is 2.35. The first-order chi connectivity index (χ1) is 11.3. The maximum atomic E-state index is 12.7. The predicted octanol–water partition coefficient (Wildman–Crippen LogP) is -2.12. The maximum absolute atomic E-state index is 12.7. The molecule has 4 N–H and O–H groups in total. The summed E-state index contributed by atoms with van der Waals surface area (Å²) in [6, 6.07) is 0. The molecule has 1 fully saturated rings. The van der Waals surface area contributed by atoms with Crippen LogP contribution >= 0.6 is 0 Å². The fourth-order valence-electron chi connectivity index (χ4n) is 2.73. The zero-order valence-electron chi connectivity index (χ0n) is 13.2. The van der Waals surface area contributed by atoms with Crippen molar-refractivity contribution in [3.8, 4) is 0 Å². The average Bonchev–Trinajstić information content (AvgIpc) is 2.51. The topological polar surface area (TPSA) is 152 Å². The van der Waals surface area contributed by atoms with Crippen molar-refractivity contribution in [2.45, 2.75) is 24.7 Å². The van der Waals surface area contributed by atoms with Crippen molar-refractivity contribution in [3.63, 3.8) is 0 Å². The van der Waals surface area contributed by atoms with Gasteiger partial charge in [0, 0.05) is 25.3 Å². The van der Waals surface area contributed by atoms with Crippen LogP contribution in [0.15, 0.2) is 14.5 Å². The highest BCUT2D eigenvalue weighted by molar-refractivity contribution is 7.89. The molecule has 1 aliphatic heterocycles. The summed E-state index contributed by atoms with van der Waals surface area (Å²) in [4.78, 5) is 38.8. The largest absolute Gasteiger partial charge is 0.395 e. The van der Waals surface area contributed by atoms with E-state index >= 15 is 0 Å². The molecule has 10 nitrogen and oxygen atoms in total. The van der Waals surface area contributed by atoms with E-state index in [2.05, 4.69) is 10.3 Å². The van der Waals surface area contributed by atoms with Crippen molar-refractivity contribution < 1.29 is 18.3 Å². The molecule has 1 amide bonds. The third-order valence-corrected chi connectivity index (χ3v) is 5.86. The summed E-state index contributed by atoms with van der Waals surface area (Å²) in [5.41, 5.74) is -1.81. The van der Waals surface area contributed by atoms with E-state index in [1.807, 2.05) is 4.98 Å². The zero-order valence-corrected chi connectivity index (χ0v) is 14.0. The lowest BCUT2D eigenvalue weighted by atomic mass is 9.99. The highest BCUT2D eigenvalue weighted by Crippen LogP contribution is 2.23. The van der Waals surface area contributed by atoms with Crippen molar-refractivity contribution in [1.82, 2.24) is 19.6 Å². The summed E-state index contributed by atoms with van der Waals surface area (Å²) in [6.07, 6.45) is 0.987. The third-order valence-electron chi connectivity index (χ3n) is 3.84. The molecule has 0 spiro atoms. The van der Waals surface area contributed by atoms with E-state index in [1.54, 1.807) is 0 Å². The third kappa shape index (κ3) is 3.74. The van der Waals surface area contributed by atoms with Crippen LogP contribution in [0.4, 0.5) is 0 Å². The number of carbonyl (C=O) groups is 1. The number of H-pyrrole nitrogens is 2. The van der Waals surface area contributed by atoms with Crippen LogP contribution in [0.25, 0.3) is 0 Å². The lowest BCUT2D eigenvalue weighted by molar-refractivity contribution is -0.126. The van der Waals surface area contributed by atoms with E-state index in [4.69, 9.17) is 5.11 Å². The minimum atomic E-state index is -4.14. The van der Waals surface area contributed by atoms with Gasteiger partial charge in [0.1, 0.15) is 0 Å². The van der Waals surface area contributed by atoms with Crippen molar-refractivity contribution in [2.75, 3.05) is 26.2 Å². The SMILES string of the molecule is Cc1[nH]c(=O)[nH]c(=O)c1S(=O)(=O)N1CCCC(C(=O)NCCO)C1. The number of aromatic nitrogens is 2. The standard InChI is InChI=1S/C13H20N4O6S/c1-8-10(12(20)16-13(21)15-8)24(22,23)17-5-2-3-9(7-17)11(19)14-4-6-18/h9,18H,2-7H2,1H3,(H,14,19)(H2,15,16,20,21). The first-order valence-corrected chi connectivity index (χ1v) is 8.93. The van der Waals surface area contributed by atoms with Crippen LogP contribution in [0.5, 0.6) is 0 Å². The quantitative estimate of drug-likeness (QED) is 0.471. The van der Waals surface area contributed by atoms with E-state index < -0.39 is 32.1 Å². The number of aromatic amines is 2. The summed E-state index contributed by atoms with van der Waals surface area (Å²) in [7, 11) is -4.14. The number of aliphatic hydroxyl groups excluding tert-OH is 1. The number of piperidine rings is 1. The van der Waals surface area contributed by atoms with Crippen LogP contribution in [-0.4, -0.2) is 59.9 Å². The molecule has 2 heterocycles. The lowest BCUT2D eigenvalue weighted by Gasteiger charge is -2.31. The van der Waals surface area contributed by atoms with E-state index in [9.17, 15) is 22.8 Å². The van der Waals surface area contributed by atoms with Gasteiger partial charge in [-0.3, -0.25) is 14.6 Å². The number of hydrogen-bond acceptors (Lipinski definition) is 6. The number of aryl methyl sites for hydroxylation is 1. The number of aliphatic hydroxyl groups is 1. The second-order valence-electron chi connectivity index (χ2n) is 5.58. The molecule has 0 bridgehead atoms. The molecule has 0 radical (unpaired) electrons. The van der Waals surface area contributed by atoms with Gasteiger partial charge in [-0.15, -0.1) is 0 Å². The first kappa shape index (κ1) is 18.4.